The van der Waals surface area contributed by atoms with E-state index in [1.807, 2.05) is 18.3 Å². The van der Waals surface area contributed by atoms with E-state index in [1.54, 1.807) is 0 Å². The lowest BCUT2D eigenvalue weighted by Crippen LogP contribution is -2.47. The predicted octanol–water partition coefficient (Wildman–Crippen LogP) is 2.86. The number of urea groups is 1. The van der Waals surface area contributed by atoms with Crippen LogP contribution in [0.25, 0.3) is 0 Å². The van der Waals surface area contributed by atoms with Gasteiger partial charge >= 0.3 is 6.03 Å². The number of anilines is 1. The molecule has 2 unspecified atom stereocenters. The highest BCUT2D eigenvalue weighted by Gasteiger charge is 2.19. The van der Waals surface area contributed by atoms with Crippen LogP contribution >= 0.6 is 0 Å². The third kappa shape index (κ3) is 7.82. The Morgan fingerprint density at radius 2 is 2.07 bits per heavy atom. The fraction of sp³-hybridized carbons (Fsp3) is 0.727. The van der Waals surface area contributed by atoms with Gasteiger partial charge in [-0.2, -0.15) is 0 Å². The first-order valence-corrected chi connectivity index (χ1v) is 11.0. The standard InChI is InChI=1S/C22H39N5O2/c1-6-26(7-2)20(12-17(3)4)15-25-22(28)24-14-19-8-9-21(23-13-19)27-10-11-29-18(5)16-27/h8-9,13,17-18,20H,6-7,10-12,14-16H2,1-5H3,(H2,24,25,28). The summed E-state index contributed by atoms with van der Waals surface area (Å²) < 4.78 is 5.58. The van der Waals surface area contributed by atoms with E-state index in [0.717, 1.165) is 50.6 Å². The molecular formula is C22H39N5O2. The molecular weight excluding hydrogens is 366 g/mol. The minimum absolute atomic E-state index is 0.128. The summed E-state index contributed by atoms with van der Waals surface area (Å²) in [4.78, 5) is 21.5. The highest BCUT2D eigenvalue weighted by Crippen LogP contribution is 2.15. The minimum Gasteiger partial charge on any atom is -0.375 e. The first-order valence-electron chi connectivity index (χ1n) is 11.0. The lowest BCUT2D eigenvalue weighted by molar-refractivity contribution is 0.0529. The molecule has 0 bridgehead atoms. The summed E-state index contributed by atoms with van der Waals surface area (Å²) in [7, 11) is 0. The van der Waals surface area contributed by atoms with Crippen molar-refractivity contribution >= 4 is 11.8 Å². The Morgan fingerprint density at radius 1 is 1.31 bits per heavy atom. The fourth-order valence-electron chi connectivity index (χ4n) is 3.84. The van der Waals surface area contributed by atoms with Crippen molar-refractivity contribution < 1.29 is 9.53 Å². The summed E-state index contributed by atoms with van der Waals surface area (Å²) >= 11 is 0. The summed E-state index contributed by atoms with van der Waals surface area (Å²) in [6.45, 7) is 16.5. The Kier molecular flexibility index (Phi) is 9.67. The first-order chi connectivity index (χ1) is 13.9. The molecule has 2 N–H and O–H groups in total. The third-order valence-corrected chi connectivity index (χ3v) is 5.40. The molecule has 29 heavy (non-hydrogen) atoms. The second kappa shape index (κ2) is 12.0. The van der Waals surface area contributed by atoms with Gasteiger partial charge in [-0.3, -0.25) is 4.90 Å². The molecule has 2 amide bonds. The first kappa shape index (κ1) is 23.4. The quantitative estimate of drug-likeness (QED) is 0.626. The normalized spacial score (nSPS) is 18.2. The molecule has 2 rings (SSSR count). The number of morpholine rings is 1. The number of pyridine rings is 1. The molecule has 1 aliphatic rings. The smallest absolute Gasteiger partial charge is 0.315 e. The topological polar surface area (TPSA) is 69.7 Å². The zero-order valence-corrected chi connectivity index (χ0v) is 18.8. The van der Waals surface area contributed by atoms with Crippen molar-refractivity contribution in [1.29, 1.82) is 0 Å². The van der Waals surface area contributed by atoms with Gasteiger partial charge in [0.2, 0.25) is 0 Å². The van der Waals surface area contributed by atoms with Gasteiger partial charge in [-0.05, 0) is 44.0 Å². The van der Waals surface area contributed by atoms with Crippen molar-refractivity contribution in [3.63, 3.8) is 0 Å². The van der Waals surface area contributed by atoms with Crippen molar-refractivity contribution in [3.8, 4) is 0 Å². The maximum Gasteiger partial charge on any atom is 0.315 e. The van der Waals surface area contributed by atoms with Gasteiger partial charge in [-0.15, -0.1) is 0 Å². The molecule has 0 saturated carbocycles. The molecule has 1 fully saturated rings. The molecule has 7 heteroatoms. The van der Waals surface area contributed by atoms with E-state index < -0.39 is 0 Å². The Labute approximate surface area is 176 Å². The van der Waals surface area contributed by atoms with Crippen LogP contribution in [0.4, 0.5) is 10.6 Å². The molecule has 7 nitrogen and oxygen atoms in total. The van der Waals surface area contributed by atoms with Crippen LogP contribution in [0.15, 0.2) is 18.3 Å². The molecule has 1 aliphatic heterocycles. The van der Waals surface area contributed by atoms with E-state index in [9.17, 15) is 4.79 Å². The third-order valence-electron chi connectivity index (χ3n) is 5.40. The van der Waals surface area contributed by atoms with Crippen molar-refractivity contribution in [3.05, 3.63) is 23.9 Å². The monoisotopic (exact) mass is 405 g/mol. The van der Waals surface area contributed by atoms with Crippen LogP contribution in [0.5, 0.6) is 0 Å². The molecule has 0 aromatic carbocycles. The second-order valence-corrected chi connectivity index (χ2v) is 8.22. The highest BCUT2D eigenvalue weighted by atomic mass is 16.5. The maximum atomic E-state index is 12.3. The average Bonchev–Trinajstić information content (AvgIpc) is 2.71. The second-order valence-electron chi connectivity index (χ2n) is 8.22. The number of hydrogen-bond acceptors (Lipinski definition) is 5. The summed E-state index contributed by atoms with van der Waals surface area (Å²) in [5.41, 5.74) is 0.993. The van der Waals surface area contributed by atoms with Gasteiger partial charge in [0.25, 0.3) is 0 Å². The number of rotatable bonds is 10. The summed E-state index contributed by atoms with van der Waals surface area (Å²) in [6, 6.07) is 4.29. The van der Waals surface area contributed by atoms with E-state index in [1.165, 1.54) is 0 Å². The van der Waals surface area contributed by atoms with Crippen LogP contribution in [0, 0.1) is 5.92 Å². The molecule has 1 aromatic rings. The summed E-state index contributed by atoms with van der Waals surface area (Å²) in [6.07, 6.45) is 3.15. The van der Waals surface area contributed by atoms with Gasteiger partial charge in [0, 0.05) is 38.4 Å². The number of amides is 2. The van der Waals surface area contributed by atoms with Crippen LogP contribution in [-0.2, 0) is 11.3 Å². The van der Waals surface area contributed by atoms with Crippen LogP contribution in [0.3, 0.4) is 0 Å². The van der Waals surface area contributed by atoms with Gasteiger partial charge in [0.05, 0.1) is 12.7 Å². The zero-order chi connectivity index (χ0) is 21.2. The van der Waals surface area contributed by atoms with E-state index in [-0.39, 0.29) is 12.1 Å². The van der Waals surface area contributed by atoms with Gasteiger partial charge in [0.1, 0.15) is 5.82 Å². The van der Waals surface area contributed by atoms with Crippen LogP contribution < -0.4 is 15.5 Å². The van der Waals surface area contributed by atoms with Crippen LogP contribution in [0.1, 0.15) is 46.6 Å². The summed E-state index contributed by atoms with van der Waals surface area (Å²) in [5.74, 6) is 1.56. The van der Waals surface area contributed by atoms with Crippen molar-refractivity contribution in [2.45, 2.75) is 59.7 Å². The molecule has 0 aliphatic carbocycles. The largest absolute Gasteiger partial charge is 0.375 e. The number of hydrogen-bond donors (Lipinski definition) is 2. The number of likely N-dealkylation sites (N-methyl/N-ethyl adjacent to an activating group) is 1. The molecule has 0 spiro atoms. The number of nitrogens with one attached hydrogen (secondary N) is 2. The SMILES string of the molecule is CCN(CC)C(CNC(=O)NCc1ccc(N2CCOC(C)C2)nc1)CC(C)C. The zero-order valence-electron chi connectivity index (χ0n) is 18.8. The number of ether oxygens (including phenoxy) is 1. The maximum absolute atomic E-state index is 12.3. The predicted molar refractivity (Wildman–Crippen MR) is 118 cm³/mol. The van der Waals surface area contributed by atoms with Crippen LogP contribution in [-0.4, -0.2) is 67.4 Å². The summed E-state index contributed by atoms with van der Waals surface area (Å²) in [5, 5.41) is 5.99. The molecule has 2 heterocycles. The van der Waals surface area contributed by atoms with Gasteiger partial charge in [-0.25, -0.2) is 9.78 Å². The van der Waals surface area contributed by atoms with E-state index in [2.05, 4.69) is 60.0 Å². The Balaban J connectivity index is 1.79. The Hall–Kier alpha value is -1.86. The highest BCUT2D eigenvalue weighted by molar-refractivity contribution is 5.73. The Morgan fingerprint density at radius 3 is 2.66 bits per heavy atom. The van der Waals surface area contributed by atoms with Crippen molar-refractivity contribution in [2.75, 3.05) is 44.2 Å². The van der Waals surface area contributed by atoms with Crippen molar-refractivity contribution in [1.82, 2.24) is 20.5 Å². The van der Waals surface area contributed by atoms with Crippen molar-refractivity contribution in [2.24, 2.45) is 5.92 Å². The molecule has 1 saturated heterocycles. The number of carbonyl (C=O) groups excluding carboxylic acids is 1. The number of nitrogens with zero attached hydrogens (tertiary/aromatic N) is 3. The molecule has 164 valence electrons. The molecule has 1 aromatic heterocycles. The number of aromatic nitrogens is 1. The lowest BCUT2D eigenvalue weighted by atomic mass is 10.0. The van der Waals surface area contributed by atoms with Gasteiger partial charge in [-0.1, -0.05) is 33.8 Å². The fourth-order valence-corrected chi connectivity index (χ4v) is 3.84. The number of carbonyl (C=O) groups is 1. The lowest BCUT2D eigenvalue weighted by Gasteiger charge is -2.32. The van der Waals surface area contributed by atoms with Gasteiger partial charge in [0.15, 0.2) is 0 Å². The Bertz CT molecular complexity index is 604. The average molecular weight is 406 g/mol. The van der Waals surface area contributed by atoms with E-state index >= 15 is 0 Å². The molecule has 0 radical (unpaired) electrons. The van der Waals surface area contributed by atoms with E-state index in [4.69, 9.17) is 4.74 Å². The van der Waals surface area contributed by atoms with Gasteiger partial charge < -0.3 is 20.3 Å². The minimum atomic E-state index is -0.128. The molecule has 2 atom stereocenters. The van der Waals surface area contributed by atoms with Crippen LogP contribution in [0.2, 0.25) is 0 Å². The van der Waals surface area contributed by atoms with E-state index in [0.29, 0.717) is 25.0 Å².